The molecule has 0 radical (unpaired) electrons. The lowest BCUT2D eigenvalue weighted by Crippen LogP contribution is -2.41. The Morgan fingerprint density at radius 3 is 0.919 bits per heavy atom. The summed E-state index contributed by atoms with van der Waals surface area (Å²) in [6.45, 7) is 8.29. The molecule has 0 bridgehead atoms. The number of rotatable bonds is 14. The molecule has 25 rings (SSSR count). The Morgan fingerprint density at radius 1 is 0.257 bits per heavy atom. The number of nitrogens with zero attached hydrogens (tertiary/aromatic N) is 6. The number of hydrogen-bond donors (Lipinski definition) is 0. The van der Waals surface area contributed by atoms with E-state index in [1.165, 1.54) is 0 Å². The van der Waals surface area contributed by atoms with Gasteiger partial charge in [-0.05, 0) is 162 Å². The molecule has 14 heteroatoms. The van der Waals surface area contributed by atoms with Crippen LogP contribution < -0.4 is 37.3 Å². The van der Waals surface area contributed by atoms with E-state index in [4.69, 9.17) is 29.2 Å². The zero-order valence-electron chi connectivity index (χ0n) is 75.0. The third kappa shape index (κ3) is 15.1. The standard InChI is InChI=1S/C58H38N3OP.C39H25BrNOP.C25H25BN2O2/c62-63(46-20-6-2-7-21-46,47-22-8-3-9-23-47)48-37-43(39-28-30-42(31-29-39)58-59-53-26-14-15-27-54(53)61(58)45-18-4-1-5-19-45)36-44(38-48)55-51-34-32-40-16-10-12-24-49(40)56(51)60-57-50-25-13-11-17-41(50)33-35-52(55)57;40-29-23-28(24-32(25-29)43(42,30-13-3-1-4-14-30)31-15-5-2-6-16-31)37-35-21-19-26-11-7-9-17-33(26)38(35)41-39-34-18-10-8-12-27(34)20-22-36(37)39;1-24(2)25(3,4)30-26(29-24)19-16-14-18(15-17-19)23-27-21-12-8-9-13-22(21)28(23)20-10-6-5-7-11-20/h1-38H;1-25H;5-17H,1-4H3. The van der Waals surface area contributed by atoms with Gasteiger partial charge in [0.15, 0.2) is 14.3 Å². The molecular weight excluding hydrogens is 1770 g/mol. The highest BCUT2D eigenvalue weighted by atomic mass is 79.9. The smallest absolute Gasteiger partial charge is 0.399 e. The predicted octanol–water partition coefficient (Wildman–Crippen LogP) is 28.4. The first-order chi connectivity index (χ1) is 66.6. The van der Waals surface area contributed by atoms with E-state index in [2.05, 4.69) is 362 Å². The summed E-state index contributed by atoms with van der Waals surface area (Å²) < 4.78 is 49.4. The second-order valence-corrected chi connectivity index (χ2v) is 42.2. The predicted molar refractivity (Wildman–Crippen MR) is 574 cm³/mol. The van der Waals surface area contributed by atoms with Crippen LogP contribution in [0.25, 0.3) is 176 Å². The number of pyridine rings is 2. The van der Waals surface area contributed by atoms with E-state index < -0.39 is 14.3 Å². The molecule has 10 nitrogen and oxygen atoms in total. The molecule has 650 valence electrons. The summed E-state index contributed by atoms with van der Waals surface area (Å²) in [5.74, 6) is 1.79. The van der Waals surface area contributed by atoms with Gasteiger partial charge in [-0.25, -0.2) is 19.9 Å². The largest absolute Gasteiger partial charge is 0.494 e. The highest BCUT2D eigenvalue weighted by Crippen LogP contribution is 2.50. The molecule has 24 aromatic rings. The van der Waals surface area contributed by atoms with E-state index in [0.717, 1.165) is 218 Å². The zero-order chi connectivity index (χ0) is 91.8. The molecule has 5 heterocycles. The number of aromatic nitrogens is 6. The first-order valence-electron chi connectivity index (χ1n) is 45.9. The van der Waals surface area contributed by atoms with Crippen LogP contribution in [0.4, 0.5) is 0 Å². The van der Waals surface area contributed by atoms with E-state index in [0.29, 0.717) is 0 Å². The number of benzene rings is 20. The van der Waals surface area contributed by atoms with E-state index in [-0.39, 0.29) is 18.3 Å². The molecule has 0 amide bonds. The number of fused-ring (bicyclic) bond motifs is 14. The van der Waals surface area contributed by atoms with E-state index >= 15 is 9.13 Å². The Labute approximate surface area is 796 Å². The molecule has 20 aromatic carbocycles. The van der Waals surface area contributed by atoms with Gasteiger partial charge in [0.25, 0.3) is 0 Å². The number of halogens is 1. The summed E-state index contributed by atoms with van der Waals surface area (Å²) in [4.78, 5) is 20.9. The van der Waals surface area contributed by atoms with Crippen molar-refractivity contribution in [2.45, 2.75) is 38.9 Å². The minimum absolute atomic E-state index is 0.350. The Hall–Kier alpha value is -15.4. The fourth-order valence-electron chi connectivity index (χ4n) is 19.6. The summed E-state index contributed by atoms with van der Waals surface area (Å²) in [6, 6.07) is 158. The van der Waals surface area contributed by atoms with Crippen molar-refractivity contribution >= 4 is 183 Å². The fourth-order valence-corrected chi connectivity index (χ4v) is 25.7. The lowest BCUT2D eigenvalue weighted by molar-refractivity contribution is 0.00578. The highest BCUT2D eigenvalue weighted by molar-refractivity contribution is 9.10. The van der Waals surface area contributed by atoms with Gasteiger partial charge in [-0.15, -0.1) is 0 Å². The molecule has 0 saturated carbocycles. The minimum Gasteiger partial charge on any atom is -0.399 e. The molecule has 0 aliphatic carbocycles. The van der Waals surface area contributed by atoms with Gasteiger partial charge in [-0.1, -0.05) is 392 Å². The van der Waals surface area contributed by atoms with Gasteiger partial charge in [-0.2, -0.15) is 0 Å². The molecule has 0 spiro atoms. The SMILES string of the molecule is CC1(C)OB(c2ccc(-c3nc4ccccc4n3-c3ccccc3)cc2)OC1(C)C.O=P(c1ccccc1)(c1ccccc1)c1cc(-c2ccc(-c3nc4ccccc4n3-c3ccccc3)cc2)cc(-c2c3ccc4ccccc4c3nc3c2ccc2ccccc23)c1.O=P(c1ccccc1)(c1ccccc1)c1cc(Br)cc(-c2c3ccc4ccccc4c3nc3c2ccc2ccccc23)c1. The Kier molecular flexibility index (Phi) is 21.8. The summed E-state index contributed by atoms with van der Waals surface area (Å²) in [6.07, 6.45) is 0. The van der Waals surface area contributed by atoms with Gasteiger partial charge < -0.3 is 18.4 Å². The van der Waals surface area contributed by atoms with Crippen molar-refractivity contribution in [3.05, 3.63) is 466 Å². The van der Waals surface area contributed by atoms with Crippen molar-refractivity contribution < 1.29 is 18.4 Å². The van der Waals surface area contributed by atoms with Crippen molar-refractivity contribution in [3.63, 3.8) is 0 Å². The Balaban J connectivity index is 0.000000123. The molecule has 0 N–H and O–H groups in total. The van der Waals surface area contributed by atoms with Crippen molar-refractivity contribution in [2.75, 3.05) is 0 Å². The summed E-state index contributed by atoms with van der Waals surface area (Å²) in [5, 5.41) is 18.0. The third-order valence-electron chi connectivity index (χ3n) is 27.0. The maximum atomic E-state index is 16.3. The monoisotopic (exact) mass is 1850 g/mol. The van der Waals surface area contributed by atoms with E-state index in [9.17, 15) is 0 Å². The average molecular weight is 1850 g/mol. The molecule has 136 heavy (non-hydrogen) atoms. The van der Waals surface area contributed by atoms with Crippen LogP contribution in [-0.4, -0.2) is 47.4 Å². The lowest BCUT2D eigenvalue weighted by Gasteiger charge is -2.32. The molecule has 0 atom stereocenters. The molecule has 1 fully saturated rings. The third-order valence-corrected chi connectivity index (χ3v) is 33.6. The second kappa shape index (κ2) is 34.9. The van der Waals surface area contributed by atoms with E-state index in [1.807, 2.05) is 152 Å². The number of para-hydroxylation sites is 6. The lowest BCUT2D eigenvalue weighted by atomic mass is 9.79. The fraction of sp³-hybridized carbons (Fsp3) is 0.0492. The van der Waals surface area contributed by atoms with Crippen LogP contribution in [0.3, 0.4) is 0 Å². The van der Waals surface area contributed by atoms with Gasteiger partial charge in [0, 0.05) is 113 Å². The van der Waals surface area contributed by atoms with Crippen LogP contribution in [0.1, 0.15) is 27.7 Å². The first-order valence-corrected chi connectivity index (χ1v) is 50.1. The molecule has 1 aliphatic rings. The topological polar surface area (TPSA) is 114 Å². The van der Waals surface area contributed by atoms with Gasteiger partial charge in [0.1, 0.15) is 11.6 Å². The van der Waals surface area contributed by atoms with Crippen molar-refractivity contribution in [1.82, 2.24) is 29.1 Å². The van der Waals surface area contributed by atoms with Crippen molar-refractivity contribution in [3.8, 4) is 67.5 Å². The van der Waals surface area contributed by atoms with Gasteiger partial charge in [-0.3, -0.25) is 9.13 Å². The van der Waals surface area contributed by atoms with Crippen molar-refractivity contribution in [1.29, 1.82) is 0 Å². The maximum Gasteiger partial charge on any atom is 0.494 e. The van der Waals surface area contributed by atoms with Crippen LogP contribution in [0, 0.1) is 0 Å². The highest BCUT2D eigenvalue weighted by Gasteiger charge is 2.52. The molecular formula is C122H88BBrN6O4P2. The average Bonchev–Trinajstić information content (AvgIpc) is 1.03. The van der Waals surface area contributed by atoms with Crippen molar-refractivity contribution in [2.24, 2.45) is 0 Å². The second-order valence-electron chi connectivity index (χ2n) is 35.7. The van der Waals surface area contributed by atoms with Gasteiger partial charge in [0.2, 0.25) is 0 Å². The van der Waals surface area contributed by atoms with Crippen LogP contribution in [-0.2, 0) is 18.4 Å². The summed E-state index contributed by atoms with van der Waals surface area (Å²) in [5.41, 5.74) is 18.5. The summed E-state index contributed by atoms with van der Waals surface area (Å²) in [7, 11) is -6.97. The number of imidazole rings is 2. The first kappa shape index (κ1) is 84.9. The molecule has 1 saturated heterocycles. The van der Waals surface area contributed by atoms with E-state index in [1.54, 1.807) is 0 Å². The van der Waals surface area contributed by atoms with Gasteiger partial charge >= 0.3 is 7.12 Å². The zero-order valence-corrected chi connectivity index (χ0v) is 78.4. The molecule has 0 unspecified atom stereocenters. The number of hydrogen-bond acceptors (Lipinski definition) is 8. The van der Waals surface area contributed by atoms with Crippen LogP contribution in [0.15, 0.2) is 466 Å². The van der Waals surface area contributed by atoms with Gasteiger partial charge in [0.05, 0.1) is 55.3 Å². The van der Waals surface area contributed by atoms with Crippen LogP contribution in [0.2, 0.25) is 0 Å². The normalized spacial score (nSPS) is 13.1. The molecule has 4 aromatic heterocycles. The minimum atomic E-state index is -3.41. The van der Waals surface area contributed by atoms with Crippen LogP contribution >= 0.6 is 30.2 Å². The molecule has 1 aliphatic heterocycles. The summed E-state index contributed by atoms with van der Waals surface area (Å²) >= 11 is 3.82. The Morgan fingerprint density at radius 2 is 0.551 bits per heavy atom. The Bertz CT molecular complexity index is 8590. The maximum absolute atomic E-state index is 16.3. The van der Waals surface area contributed by atoms with Crippen LogP contribution in [0.5, 0.6) is 0 Å². The quantitative estimate of drug-likeness (QED) is 0.0458.